The topological polar surface area (TPSA) is 128 Å². The molecule has 4 heterocycles. The predicted molar refractivity (Wildman–Crippen MR) is 172 cm³/mol. The second-order valence-electron chi connectivity index (χ2n) is 11.1. The van der Waals surface area contributed by atoms with E-state index in [-0.39, 0.29) is 11.8 Å². The van der Waals surface area contributed by atoms with Crippen molar-refractivity contribution in [3.05, 3.63) is 111 Å². The summed E-state index contributed by atoms with van der Waals surface area (Å²) >= 11 is 0. The molecule has 0 saturated carbocycles. The fraction of sp³-hybridized carbons (Fsp3) is 0.206. The van der Waals surface area contributed by atoms with Gasteiger partial charge in [0, 0.05) is 36.6 Å². The summed E-state index contributed by atoms with van der Waals surface area (Å²) in [5.74, 6) is 1.21. The number of hydrogen-bond donors (Lipinski definition) is 2. The van der Waals surface area contributed by atoms with Crippen LogP contribution < -0.4 is 26.6 Å². The first-order valence-corrected chi connectivity index (χ1v) is 14.6. The number of methoxy groups -OCH3 is 1. The molecule has 3 N–H and O–H groups in total. The van der Waals surface area contributed by atoms with Gasteiger partial charge in [0.25, 0.3) is 10.9 Å². The lowest BCUT2D eigenvalue weighted by Crippen LogP contribution is -2.45. The van der Waals surface area contributed by atoms with Crippen LogP contribution in [-0.2, 0) is 6.54 Å². The number of benzene rings is 2. The summed E-state index contributed by atoms with van der Waals surface area (Å²) in [7, 11) is 1.41. The van der Waals surface area contributed by atoms with Crippen molar-refractivity contribution in [2.75, 3.05) is 31.2 Å². The lowest BCUT2D eigenvalue weighted by Gasteiger charge is -2.34. The number of pyridine rings is 2. The molecule has 10 nitrogen and oxygen atoms in total. The van der Waals surface area contributed by atoms with E-state index < -0.39 is 10.9 Å². The molecule has 1 aliphatic heterocycles. The molecular formula is C34H31N7O3. The fourth-order valence-corrected chi connectivity index (χ4v) is 5.99. The predicted octanol–water partition coefficient (Wildman–Crippen LogP) is 4.41. The van der Waals surface area contributed by atoms with E-state index in [4.69, 9.17) is 20.4 Å². The van der Waals surface area contributed by atoms with E-state index in [9.17, 15) is 9.59 Å². The first-order valence-electron chi connectivity index (χ1n) is 14.6. The molecule has 1 aliphatic rings. The molecule has 0 spiro atoms. The maximum absolute atomic E-state index is 12.0. The summed E-state index contributed by atoms with van der Waals surface area (Å²) in [5.41, 5.74) is 11.7. The van der Waals surface area contributed by atoms with Crippen LogP contribution in [0.3, 0.4) is 0 Å². The molecule has 3 aromatic heterocycles. The number of rotatable bonds is 8. The molecule has 0 bridgehead atoms. The monoisotopic (exact) mass is 585 g/mol. The number of nitrogens with zero attached hydrogens (tertiary/aromatic N) is 5. The van der Waals surface area contributed by atoms with Gasteiger partial charge in [-0.25, -0.2) is 15.0 Å². The molecule has 1 atom stereocenters. The number of anilines is 2. The second-order valence-corrected chi connectivity index (χ2v) is 11.1. The Bertz CT molecular complexity index is 2030. The highest BCUT2D eigenvalue weighted by atomic mass is 16.5. The maximum Gasteiger partial charge on any atom is 0.271 e. The number of piperidine rings is 1. The van der Waals surface area contributed by atoms with E-state index in [1.54, 1.807) is 6.20 Å². The van der Waals surface area contributed by atoms with Crippen LogP contribution in [0.5, 0.6) is 5.75 Å². The van der Waals surface area contributed by atoms with E-state index in [0.29, 0.717) is 17.3 Å². The van der Waals surface area contributed by atoms with Gasteiger partial charge in [0.15, 0.2) is 17.2 Å². The van der Waals surface area contributed by atoms with Crippen LogP contribution in [0.4, 0.5) is 11.5 Å². The van der Waals surface area contributed by atoms with E-state index in [1.165, 1.54) is 7.11 Å². The van der Waals surface area contributed by atoms with Gasteiger partial charge in [-0.2, -0.15) is 0 Å². The Balaban J connectivity index is 1.18. The van der Waals surface area contributed by atoms with Gasteiger partial charge in [0.2, 0.25) is 0 Å². The van der Waals surface area contributed by atoms with Crippen LogP contribution in [0.2, 0.25) is 0 Å². The zero-order valence-electron chi connectivity index (χ0n) is 24.2. The highest BCUT2D eigenvalue weighted by Gasteiger charge is 2.27. The molecule has 0 radical (unpaired) electrons. The third-order valence-electron chi connectivity index (χ3n) is 8.18. The molecule has 0 aliphatic carbocycles. The van der Waals surface area contributed by atoms with Crippen LogP contribution in [0.25, 0.3) is 39.5 Å². The minimum Gasteiger partial charge on any atom is -0.491 e. The summed E-state index contributed by atoms with van der Waals surface area (Å²) in [6.45, 7) is 2.46. The van der Waals surface area contributed by atoms with Gasteiger partial charge in [0.05, 0.1) is 18.4 Å². The summed E-state index contributed by atoms with van der Waals surface area (Å²) in [4.78, 5) is 40.4. The van der Waals surface area contributed by atoms with Crippen molar-refractivity contribution in [1.29, 1.82) is 0 Å². The third kappa shape index (κ3) is 4.99. The Kier molecular flexibility index (Phi) is 7.11. The summed E-state index contributed by atoms with van der Waals surface area (Å²) in [6, 6.07) is 26.3. The van der Waals surface area contributed by atoms with Gasteiger partial charge in [-0.3, -0.25) is 19.1 Å². The fourth-order valence-electron chi connectivity index (χ4n) is 5.99. The molecule has 3 aromatic carbocycles. The van der Waals surface area contributed by atoms with Crippen molar-refractivity contribution >= 4 is 22.7 Å². The average molecular weight is 586 g/mol. The second kappa shape index (κ2) is 11.4. The van der Waals surface area contributed by atoms with Crippen molar-refractivity contribution in [3.8, 4) is 34.1 Å². The lowest BCUT2D eigenvalue weighted by atomic mass is 10.0. The molecule has 10 heteroatoms. The summed E-state index contributed by atoms with van der Waals surface area (Å²) < 4.78 is 7.14. The number of aromatic nitrogens is 4. The van der Waals surface area contributed by atoms with Crippen LogP contribution in [0.1, 0.15) is 18.4 Å². The van der Waals surface area contributed by atoms with Gasteiger partial charge in [-0.1, -0.05) is 42.5 Å². The number of ether oxygens (including phenoxy) is 1. The number of likely N-dealkylation sites (tertiary alicyclic amines) is 1. The van der Waals surface area contributed by atoms with Gasteiger partial charge in [-0.05, 0) is 61.3 Å². The molecule has 0 amide bonds. The van der Waals surface area contributed by atoms with Crippen LogP contribution in [-0.4, -0.2) is 50.7 Å². The highest BCUT2D eigenvalue weighted by molar-refractivity contribution is 5.84. The molecular weight excluding hydrogens is 554 g/mol. The van der Waals surface area contributed by atoms with Crippen LogP contribution in [0, 0.1) is 0 Å². The quantitative estimate of drug-likeness (QED) is 0.250. The lowest BCUT2D eigenvalue weighted by molar-refractivity contribution is 0.208. The number of nitrogens with two attached hydrogens (primary N) is 1. The molecule has 0 unspecified atom stereocenters. The Morgan fingerprint density at radius 3 is 2.55 bits per heavy atom. The standard InChI is InChI=1S/C34H31N7O3/c1-44-31-28(29(42)30(31)43)37-23-9-6-18-40(20-23)19-21-11-13-24(14-12-21)41-33(25-10-5-17-36-32(25)35)39-27-16-15-26(38-34(27)41)22-7-3-2-4-8-22/h2-5,7-8,10-17,23,37H,6,9,18-20H2,1H3,(H2,35,36)/t23-/m1/s1. The maximum atomic E-state index is 12.0. The zero-order valence-corrected chi connectivity index (χ0v) is 24.2. The highest BCUT2D eigenvalue weighted by Crippen LogP contribution is 2.32. The normalized spacial score (nSPS) is 15.5. The van der Waals surface area contributed by atoms with Gasteiger partial charge >= 0.3 is 0 Å². The van der Waals surface area contributed by atoms with Crippen molar-refractivity contribution in [2.45, 2.75) is 25.4 Å². The Labute approximate surface area is 253 Å². The Morgan fingerprint density at radius 1 is 0.955 bits per heavy atom. The molecule has 220 valence electrons. The summed E-state index contributed by atoms with van der Waals surface area (Å²) in [5, 5.41) is 3.25. The first-order chi connectivity index (χ1) is 21.5. The number of hydrogen-bond acceptors (Lipinski definition) is 9. The van der Waals surface area contributed by atoms with Gasteiger partial charge < -0.3 is 15.8 Å². The van der Waals surface area contributed by atoms with Crippen LogP contribution in [0.15, 0.2) is 94.6 Å². The minimum atomic E-state index is -0.561. The first kappa shape index (κ1) is 27.5. The molecule has 7 rings (SSSR count). The molecule has 6 aromatic rings. The number of nitrogen functional groups attached to an aromatic ring is 1. The largest absolute Gasteiger partial charge is 0.491 e. The molecule has 44 heavy (non-hydrogen) atoms. The summed E-state index contributed by atoms with van der Waals surface area (Å²) in [6.07, 6.45) is 3.58. The van der Waals surface area contributed by atoms with E-state index in [2.05, 4.69) is 39.5 Å². The Hall–Kier alpha value is -5.35. The van der Waals surface area contributed by atoms with E-state index in [0.717, 1.165) is 71.7 Å². The van der Waals surface area contributed by atoms with Crippen molar-refractivity contribution in [3.63, 3.8) is 0 Å². The number of imidazole rings is 1. The zero-order chi connectivity index (χ0) is 30.2. The van der Waals surface area contributed by atoms with E-state index in [1.807, 2.05) is 59.2 Å². The van der Waals surface area contributed by atoms with Crippen molar-refractivity contribution in [2.24, 2.45) is 0 Å². The van der Waals surface area contributed by atoms with Crippen molar-refractivity contribution in [1.82, 2.24) is 24.4 Å². The number of nitrogens with one attached hydrogen (secondary N) is 1. The SMILES string of the molecule is COc1c(N[C@@H]2CCCN(Cc3ccc(-n4c(-c5cccnc5N)nc5ccc(-c6ccccc6)nc54)cc3)C2)c(=O)c1=O. The average Bonchev–Trinajstić information content (AvgIpc) is 3.44. The Morgan fingerprint density at radius 2 is 1.77 bits per heavy atom. The number of fused-ring (bicyclic) bond motifs is 1. The smallest absolute Gasteiger partial charge is 0.271 e. The van der Waals surface area contributed by atoms with Gasteiger partial charge in [-0.15, -0.1) is 0 Å². The third-order valence-corrected chi connectivity index (χ3v) is 8.18. The van der Waals surface area contributed by atoms with Crippen LogP contribution >= 0.6 is 0 Å². The van der Waals surface area contributed by atoms with Crippen molar-refractivity contribution < 1.29 is 4.74 Å². The molecule has 1 saturated heterocycles. The van der Waals surface area contributed by atoms with Gasteiger partial charge in [0.1, 0.15) is 17.0 Å². The minimum absolute atomic E-state index is 0.0647. The molecule has 1 fully saturated rings. The van der Waals surface area contributed by atoms with E-state index >= 15 is 0 Å².